The van der Waals surface area contributed by atoms with E-state index in [0.29, 0.717) is 5.69 Å². The zero-order valence-electron chi connectivity index (χ0n) is 10.9. The first kappa shape index (κ1) is 12.9. The summed E-state index contributed by atoms with van der Waals surface area (Å²) < 4.78 is 0. The molecule has 0 radical (unpaired) electrons. The third kappa shape index (κ3) is 2.62. The van der Waals surface area contributed by atoms with Crippen molar-refractivity contribution in [1.82, 2.24) is 4.98 Å². The smallest absolute Gasteiger partial charge is 0.255 e. The zero-order chi connectivity index (χ0) is 14.8. The molecule has 2 aromatic carbocycles. The monoisotopic (exact) mass is 280 g/mol. The van der Waals surface area contributed by atoms with Gasteiger partial charge in [0.05, 0.1) is 11.2 Å². The highest BCUT2D eigenvalue weighted by molar-refractivity contribution is 6.09. The Bertz CT molecular complexity index is 805. The van der Waals surface area contributed by atoms with Crippen molar-refractivity contribution < 1.29 is 15.0 Å². The summed E-state index contributed by atoms with van der Waals surface area (Å²) in [7, 11) is 0. The molecular weight excluding hydrogens is 268 g/mol. The molecule has 0 aliphatic rings. The fourth-order valence-corrected chi connectivity index (χ4v) is 2.13. The average molecular weight is 280 g/mol. The zero-order valence-corrected chi connectivity index (χ0v) is 10.9. The van der Waals surface area contributed by atoms with Gasteiger partial charge in [-0.1, -0.05) is 6.07 Å². The largest absolute Gasteiger partial charge is 0.508 e. The molecule has 0 bridgehead atoms. The summed E-state index contributed by atoms with van der Waals surface area (Å²) in [6.07, 6.45) is 1.68. The number of rotatable bonds is 2. The van der Waals surface area contributed by atoms with Crippen molar-refractivity contribution in [3.63, 3.8) is 0 Å². The first-order valence-electron chi connectivity index (χ1n) is 6.31. The lowest BCUT2D eigenvalue weighted by Gasteiger charge is -2.09. The number of nitrogens with zero attached hydrogens (tertiary/aromatic N) is 1. The first-order valence-corrected chi connectivity index (χ1v) is 6.31. The van der Waals surface area contributed by atoms with E-state index >= 15 is 0 Å². The average Bonchev–Trinajstić information content (AvgIpc) is 2.46. The van der Waals surface area contributed by atoms with E-state index in [1.165, 1.54) is 18.2 Å². The molecule has 0 saturated heterocycles. The van der Waals surface area contributed by atoms with Crippen LogP contribution < -0.4 is 5.32 Å². The highest BCUT2D eigenvalue weighted by atomic mass is 16.3. The minimum absolute atomic E-state index is 0.167. The molecule has 0 aliphatic heterocycles. The topological polar surface area (TPSA) is 82.5 Å². The van der Waals surface area contributed by atoms with Gasteiger partial charge in [-0.2, -0.15) is 0 Å². The third-order valence-electron chi connectivity index (χ3n) is 3.06. The van der Waals surface area contributed by atoms with Gasteiger partial charge in [-0.3, -0.25) is 9.78 Å². The van der Waals surface area contributed by atoms with Gasteiger partial charge in [0.15, 0.2) is 0 Å². The Morgan fingerprint density at radius 2 is 1.76 bits per heavy atom. The van der Waals surface area contributed by atoms with E-state index in [9.17, 15) is 15.0 Å². The highest BCUT2D eigenvalue weighted by Crippen LogP contribution is 2.24. The fraction of sp³-hybridized carbons (Fsp3) is 0. The Balaban J connectivity index is 1.96. The molecule has 5 heteroatoms. The van der Waals surface area contributed by atoms with Crippen molar-refractivity contribution in [3.05, 3.63) is 60.3 Å². The number of carbonyl (C=O) groups excluding carboxylic acids is 1. The Labute approximate surface area is 120 Å². The molecule has 0 fully saturated rings. The van der Waals surface area contributed by atoms with Gasteiger partial charge >= 0.3 is 0 Å². The SMILES string of the molecule is O=C(Nc1cccc2ncccc12)c1cc(O)cc(O)c1. The van der Waals surface area contributed by atoms with Gasteiger partial charge in [0.1, 0.15) is 11.5 Å². The van der Waals surface area contributed by atoms with Gasteiger partial charge in [0, 0.05) is 23.2 Å². The predicted octanol–water partition coefficient (Wildman–Crippen LogP) is 2.90. The number of pyridine rings is 1. The van der Waals surface area contributed by atoms with Crippen molar-refractivity contribution in [1.29, 1.82) is 0 Å². The van der Waals surface area contributed by atoms with Crippen LogP contribution in [0.3, 0.4) is 0 Å². The predicted molar refractivity (Wildman–Crippen MR) is 79.5 cm³/mol. The van der Waals surface area contributed by atoms with E-state index in [2.05, 4.69) is 10.3 Å². The molecule has 0 spiro atoms. The maximum Gasteiger partial charge on any atom is 0.255 e. The number of phenolic OH excluding ortho intramolecular Hbond substituents is 2. The number of hydrogen-bond acceptors (Lipinski definition) is 4. The molecule has 0 aliphatic carbocycles. The van der Waals surface area contributed by atoms with Gasteiger partial charge in [-0.25, -0.2) is 0 Å². The summed E-state index contributed by atoms with van der Waals surface area (Å²) >= 11 is 0. The molecule has 5 nitrogen and oxygen atoms in total. The highest BCUT2D eigenvalue weighted by Gasteiger charge is 2.10. The summed E-state index contributed by atoms with van der Waals surface area (Å²) in [6, 6.07) is 12.8. The fourth-order valence-electron chi connectivity index (χ4n) is 2.13. The van der Waals surface area contributed by atoms with Gasteiger partial charge < -0.3 is 15.5 Å². The lowest BCUT2D eigenvalue weighted by Crippen LogP contribution is -2.12. The molecule has 0 unspecified atom stereocenters. The summed E-state index contributed by atoms with van der Waals surface area (Å²) in [5.74, 6) is -0.753. The Morgan fingerprint density at radius 1 is 1.00 bits per heavy atom. The Hall–Kier alpha value is -3.08. The normalized spacial score (nSPS) is 10.5. The number of nitrogens with one attached hydrogen (secondary N) is 1. The molecule has 104 valence electrons. The molecule has 3 N–H and O–H groups in total. The number of fused-ring (bicyclic) bond motifs is 1. The lowest BCUT2D eigenvalue weighted by atomic mass is 10.1. The summed E-state index contributed by atoms with van der Waals surface area (Å²) in [6.45, 7) is 0. The Morgan fingerprint density at radius 3 is 2.52 bits per heavy atom. The molecule has 3 aromatic rings. The van der Waals surface area contributed by atoms with Crippen molar-refractivity contribution in [2.45, 2.75) is 0 Å². The van der Waals surface area contributed by atoms with Gasteiger partial charge in [0.2, 0.25) is 0 Å². The van der Waals surface area contributed by atoms with E-state index in [4.69, 9.17) is 0 Å². The molecule has 1 amide bonds. The number of carbonyl (C=O) groups is 1. The van der Waals surface area contributed by atoms with E-state index in [-0.39, 0.29) is 17.1 Å². The van der Waals surface area contributed by atoms with Crippen LogP contribution in [0, 0.1) is 0 Å². The minimum atomic E-state index is -0.419. The number of aromatic nitrogens is 1. The maximum atomic E-state index is 12.2. The van der Waals surface area contributed by atoms with Crippen LogP contribution in [-0.2, 0) is 0 Å². The summed E-state index contributed by atoms with van der Waals surface area (Å²) in [5, 5.41) is 22.4. The first-order chi connectivity index (χ1) is 10.1. The third-order valence-corrected chi connectivity index (χ3v) is 3.06. The second-order valence-electron chi connectivity index (χ2n) is 4.57. The van der Waals surface area contributed by atoms with E-state index in [1.807, 2.05) is 12.1 Å². The number of phenols is 2. The molecule has 1 aromatic heterocycles. The van der Waals surface area contributed by atoms with E-state index in [1.54, 1.807) is 24.4 Å². The maximum absolute atomic E-state index is 12.2. The Kier molecular flexibility index (Phi) is 3.16. The van der Waals surface area contributed by atoms with Crippen LogP contribution in [0.1, 0.15) is 10.4 Å². The molecular formula is C16H12N2O3. The summed E-state index contributed by atoms with van der Waals surface area (Å²) in [5.41, 5.74) is 1.57. The van der Waals surface area contributed by atoms with Crippen LogP contribution in [0.25, 0.3) is 10.9 Å². The number of amides is 1. The van der Waals surface area contributed by atoms with Crippen LogP contribution >= 0.6 is 0 Å². The van der Waals surface area contributed by atoms with Gasteiger partial charge in [-0.05, 0) is 36.4 Å². The van der Waals surface area contributed by atoms with Crippen molar-refractivity contribution in [2.24, 2.45) is 0 Å². The van der Waals surface area contributed by atoms with Gasteiger partial charge in [0.25, 0.3) is 5.91 Å². The second-order valence-corrected chi connectivity index (χ2v) is 4.57. The molecule has 3 rings (SSSR count). The van der Waals surface area contributed by atoms with Crippen molar-refractivity contribution in [2.75, 3.05) is 5.32 Å². The van der Waals surface area contributed by atoms with E-state index in [0.717, 1.165) is 10.9 Å². The van der Waals surface area contributed by atoms with E-state index < -0.39 is 5.91 Å². The van der Waals surface area contributed by atoms with Crippen LogP contribution in [0.4, 0.5) is 5.69 Å². The molecule has 0 saturated carbocycles. The minimum Gasteiger partial charge on any atom is -0.508 e. The molecule has 0 atom stereocenters. The molecule has 21 heavy (non-hydrogen) atoms. The van der Waals surface area contributed by atoms with Crippen LogP contribution in [0.2, 0.25) is 0 Å². The van der Waals surface area contributed by atoms with Crippen molar-refractivity contribution >= 4 is 22.5 Å². The number of aromatic hydroxyl groups is 2. The number of benzene rings is 2. The second kappa shape index (κ2) is 5.13. The van der Waals surface area contributed by atoms with Crippen LogP contribution in [-0.4, -0.2) is 21.1 Å². The molecule has 1 heterocycles. The van der Waals surface area contributed by atoms with Gasteiger partial charge in [-0.15, -0.1) is 0 Å². The quantitative estimate of drug-likeness (QED) is 0.674. The standard InChI is InChI=1S/C16H12N2O3/c19-11-7-10(8-12(20)9-11)16(21)18-15-5-1-4-14-13(15)3-2-6-17-14/h1-9,19-20H,(H,18,21). The van der Waals surface area contributed by atoms with Crippen LogP contribution in [0.15, 0.2) is 54.7 Å². The lowest BCUT2D eigenvalue weighted by molar-refractivity contribution is 0.102. The summed E-state index contributed by atoms with van der Waals surface area (Å²) in [4.78, 5) is 16.4. The van der Waals surface area contributed by atoms with Crippen LogP contribution in [0.5, 0.6) is 11.5 Å². The number of hydrogen-bond donors (Lipinski definition) is 3. The van der Waals surface area contributed by atoms with Crippen molar-refractivity contribution in [3.8, 4) is 11.5 Å². The number of anilines is 1.